The normalized spacial score (nSPS) is 17.1. The maximum absolute atomic E-state index is 11.0. The predicted octanol–water partition coefficient (Wildman–Crippen LogP) is 3.01. The van der Waals surface area contributed by atoms with E-state index in [1.165, 1.54) is 31.1 Å². The van der Waals surface area contributed by atoms with Crippen LogP contribution in [-0.2, 0) is 16.0 Å². The van der Waals surface area contributed by atoms with Gasteiger partial charge >= 0.3 is 5.97 Å². The number of hydrogen-bond donors (Lipinski definition) is 1. The zero-order chi connectivity index (χ0) is 15.1. The maximum atomic E-state index is 11.0. The van der Waals surface area contributed by atoms with Crippen LogP contribution >= 0.6 is 0 Å². The first-order chi connectivity index (χ1) is 10.2. The average Bonchev–Trinajstić information content (AvgIpc) is 2.51. The Labute approximate surface area is 126 Å². The lowest BCUT2D eigenvalue weighted by Gasteiger charge is -2.26. The van der Waals surface area contributed by atoms with E-state index in [4.69, 9.17) is 4.74 Å². The van der Waals surface area contributed by atoms with Crippen molar-refractivity contribution in [1.29, 1.82) is 0 Å². The number of carbonyl (C=O) groups excluding carboxylic acids is 1. The molecular weight excluding hydrogens is 266 g/mol. The Morgan fingerprint density at radius 3 is 3.05 bits per heavy atom. The molecule has 1 unspecified atom stereocenters. The van der Waals surface area contributed by atoms with Gasteiger partial charge in [0.1, 0.15) is 5.75 Å². The van der Waals surface area contributed by atoms with E-state index in [1.807, 2.05) is 6.07 Å². The van der Waals surface area contributed by atoms with E-state index < -0.39 is 0 Å². The second-order valence-electron chi connectivity index (χ2n) is 5.39. The lowest BCUT2D eigenvalue weighted by molar-refractivity contribution is -0.140. The SMILES string of the molecule is CCNC1CCCc2cc(OCCCC(=O)OC)ccc21. The Balaban J connectivity index is 1.90. The van der Waals surface area contributed by atoms with Crippen molar-refractivity contribution in [1.82, 2.24) is 5.32 Å². The van der Waals surface area contributed by atoms with Gasteiger partial charge in [0.15, 0.2) is 0 Å². The summed E-state index contributed by atoms with van der Waals surface area (Å²) in [6.45, 7) is 3.69. The third-order valence-electron chi connectivity index (χ3n) is 3.90. The highest BCUT2D eigenvalue weighted by Gasteiger charge is 2.19. The lowest BCUT2D eigenvalue weighted by Crippen LogP contribution is -2.24. The molecule has 0 fully saturated rings. The number of methoxy groups -OCH3 is 1. The van der Waals surface area contributed by atoms with E-state index in [0.717, 1.165) is 18.7 Å². The van der Waals surface area contributed by atoms with Crippen LogP contribution in [0.4, 0.5) is 0 Å². The van der Waals surface area contributed by atoms with Crippen LogP contribution in [0.2, 0.25) is 0 Å². The number of ether oxygens (including phenoxy) is 2. The lowest BCUT2D eigenvalue weighted by atomic mass is 9.87. The van der Waals surface area contributed by atoms with Gasteiger partial charge in [-0.1, -0.05) is 13.0 Å². The highest BCUT2D eigenvalue weighted by Crippen LogP contribution is 2.32. The van der Waals surface area contributed by atoms with Crippen molar-refractivity contribution < 1.29 is 14.3 Å². The standard InChI is InChI=1S/C17H25NO3/c1-3-18-16-7-4-6-13-12-14(9-10-15(13)16)21-11-5-8-17(19)20-2/h9-10,12,16,18H,3-8,11H2,1-2H3. The summed E-state index contributed by atoms with van der Waals surface area (Å²) in [4.78, 5) is 11.0. The minimum absolute atomic E-state index is 0.183. The quantitative estimate of drug-likeness (QED) is 0.619. The van der Waals surface area contributed by atoms with Crippen LogP contribution in [0.25, 0.3) is 0 Å². The number of hydrogen-bond acceptors (Lipinski definition) is 4. The summed E-state index contributed by atoms with van der Waals surface area (Å²) in [6, 6.07) is 6.84. The van der Waals surface area contributed by atoms with E-state index in [2.05, 4.69) is 29.1 Å². The van der Waals surface area contributed by atoms with Crippen LogP contribution in [-0.4, -0.2) is 26.2 Å². The van der Waals surface area contributed by atoms with Gasteiger partial charge in [-0.3, -0.25) is 4.79 Å². The predicted molar refractivity (Wildman–Crippen MR) is 82.5 cm³/mol. The Bertz CT molecular complexity index is 473. The molecule has 1 aliphatic carbocycles. The fraction of sp³-hybridized carbons (Fsp3) is 0.588. The number of rotatable bonds is 7. The van der Waals surface area contributed by atoms with Crippen molar-refractivity contribution in [2.45, 2.75) is 45.1 Å². The highest BCUT2D eigenvalue weighted by molar-refractivity contribution is 5.69. The van der Waals surface area contributed by atoms with Gasteiger partial charge in [-0.15, -0.1) is 0 Å². The van der Waals surface area contributed by atoms with Gasteiger partial charge in [0.2, 0.25) is 0 Å². The molecular formula is C17H25NO3. The summed E-state index contributed by atoms with van der Waals surface area (Å²) in [7, 11) is 1.41. The molecule has 1 N–H and O–H groups in total. The molecule has 0 bridgehead atoms. The van der Waals surface area contributed by atoms with Crippen molar-refractivity contribution in [2.75, 3.05) is 20.3 Å². The third kappa shape index (κ3) is 4.46. The fourth-order valence-corrected chi connectivity index (χ4v) is 2.85. The van der Waals surface area contributed by atoms with Crippen LogP contribution in [0.3, 0.4) is 0 Å². The molecule has 4 nitrogen and oxygen atoms in total. The summed E-state index contributed by atoms with van der Waals surface area (Å²) in [5, 5.41) is 3.54. The molecule has 116 valence electrons. The molecule has 0 saturated carbocycles. The zero-order valence-corrected chi connectivity index (χ0v) is 13.0. The first-order valence-electron chi connectivity index (χ1n) is 7.80. The number of nitrogens with one attached hydrogen (secondary N) is 1. The minimum Gasteiger partial charge on any atom is -0.494 e. The van der Waals surface area contributed by atoms with Gasteiger partial charge in [0, 0.05) is 12.5 Å². The topological polar surface area (TPSA) is 47.6 Å². The summed E-state index contributed by atoms with van der Waals surface area (Å²) in [5.41, 5.74) is 2.79. The summed E-state index contributed by atoms with van der Waals surface area (Å²) < 4.78 is 10.3. The number of benzene rings is 1. The van der Waals surface area contributed by atoms with Crippen molar-refractivity contribution >= 4 is 5.97 Å². The largest absolute Gasteiger partial charge is 0.494 e. The molecule has 0 saturated heterocycles. The molecule has 1 aromatic carbocycles. The summed E-state index contributed by atoms with van der Waals surface area (Å²) in [6.07, 6.45) is 4.64. The zero-order valence-electron chi connectivity index (χ0n) is 13.0. The van der Waals surface area contributed by atoms with E-state index in [0.29, 0.717) is 25.5 Å². The Hall–Kier alpha value is -1.55. The monoisotopic (exact) mass is 291 g/mol. The molecule has 0 radical (unpaired) electrons. The molecule has 0 aliphatic heterocycles. The molecule has 0 amide bonds. The maximum Gasteiger partial charge on any atom is 0.305 e. The molecule has 0 spiro atoms. The molecule has 1 aliphatic rings. The third-order valence-corrected chi connectivity index (χ3v) is 3.90. The number of carbonyl (C=O) groups is 1. The van der Waals surface area contributed by atoms with Gasteiger partial charge in [0.25, 0.3) is 0 Å². The fourth-order valence-electron chi connectivity index (χ4n) is 2.85. The molecule has 21 heavy (non-hydrogen) atoms. The number of esters is 1. The van der Waals surface area contributed by atoms with Gasteiger partial charge in [0.05, 0.1) is 13.7 Å². The average molecular weight is 291 g/mol. The van der Waals surface area contributed by atoms with Crippen molar-refractivity contribution in [3.05, 3.63) is 29.3 Å². The Kier molecular flexibility index (Phi) is 6.05. The summed E-state index contributed by atoms with van der Waals surface area (Å²) >= 11 is 0. The highest BCUT2D eigenvalue weighted by atomic mass is 16.5. The number of aryl methyl sites for hydroxylation is 1. The van der Waals surface area contributed by atoms with Crippen molar-refractivity contribution in [2.24, 2.45) is 0 Å². The first kappa shape index (κ1) is 15.8. The molecule has 2 rings (SSSR count). The van der Waals surface area contributed by atoms with Gasteiger partial charge in [-0.05, 0) is 55.5 Å². The Morgan fingerprint density at radius 2 is 2.29 bits per heavy atom. The second kappa shape index (κ2) is 8.03. The second-order valence-corrected chi connectivity index (χ2v) is 5.39. The van der Waals surface area contributed by atoms with E-state index in [1.54, 1.807) is 0 Å². The Morgan fingerprint density at radius 1 is 1.43 bits per heavy atom. The van der Waals surface area contributed by atoms with Gasteiger partial charge in [-0.2, -0.15) is 0 Å². The van der Waals surface area contributed by atoms with Gasteiger partial charge in [-0.25, -0.2) is 0 Å². The smallest absolute Gasteiger partial charge is 0.305 e. The molecule has 1 atom stereocenters. The van der Waals surface area contributed by atoms with Crippen LogP contribution in [0.5, 0.6) is 5.75 Å². The minimum atomic E-state index is -0.183. The van der Waals surface area contributed by atoms with Crippen molar-refractivity contribution in [3.63, 3.8) is 0 Å². The van der Waals surface area contributed by atoms with Crippen LogP contribution in [0, 0.1) is 0 Å². The van der Waals surface area contributed by atoms with E-state index in [-0.39, 0.29) is 5.97 Å². The first-order valence-corrected chi connectivity index (χ1v) is 7.80. The van der Waals surface area contributed by atoms with Crippen molar-refractivity contribution in [3.8, 4) is 5.75 Å². The van der Waals surface area contributed by atoms with Crippen LogP contribution in [0.1, 0.15) is 49.8 Å². The van der Waals surface area contributed by atoms with Crippen LogP contribution < -0.4 is 10.1 Å². The summed E-state index contributed by atoms with van der Waals surface area (Å²) in [5.74, 6) is 0.716. The van der Waals surface area contributed by atoms with E-state index in [9.17, 15) is 4.79 Å². The van der Waals surface area contributed by atoms with Crippen LogP contribution in [0.15, 0.2) is 18.2 Å². The number of fused-ring (bicyclic) bond motifs is 1. The molecule has 1 aromatic rings. The molecule has 4 heteroatoms. The van der Waals surface area contributed by atoms with E-state index >= 15 is 0 Å². The van der Waals surface area contributed by atoms with Gasteiger partial charge < -0.3 is 14.8 Å². The molecule has 0 heterocycles. The molecule has 0 aromatic heterocycles.